The molecule has 0 bridgehead atoms. The third kappa shape index (κ3) is 3.78. The number of anilines is 1. The van der Waals surface area contributed by atoms with Gasteiger partial charge in [0, 0.05) is 11.9 Å². The number of thiophene rings is 1. The van der Waals surface area contributed by atoms with Gasteiger partial charge in [-0.25, -0.2) is 0 Å². The van der Waals surface area contributed by atoms with Crippen LogP contribution in [0.25, 0.3) is 0 Å². The molecule has 0 fully saturated rings. The minimum Gasteiger partial charge on any atom is -0.477 e. The van der Waals surface area contributed by atoms with Crippen molar-refractivity contribution in [2.24, 2.45) is 11.3 Å². The molecule has 1 aliphatic heterocycles. The molecule has 1 aromatic carbocycles. The largest absolute Gasteiger partial charge is 0.477 e. The number of hydrogen-bond donors (Lipinski definition) is 1. The van der Waals surface area contributed by atoms with Crippen LogP contribution in [0.2, 0.25) is 0 Å². The Hall–Kier alpha value is -2.34. The van der Waals surface area contributed by atoms with E-state index in [9.17, 15) is 9.59 Å². The first kappa shape index (κ1) is 20.0. The standard InChI is InChI=1S/C23H28N2O3S/c1-23(2,3)15-9-10-19-14(11-15)12-20(29-19)22(27)25-13-18(21(26)24-4)28-17-8-6-5-7-16(17)25/h5-8,12,15,18H,9-11,13H2,1-4H3,(H,24,26)/t15-,18-/m0/s1. The van der Waals surface area contributed by atoms with Gasteiger partial charge in [0.05, 0.1) is 17.1 Å². The van der Waals surface area contributed by atoms with E-state index in [2.05, 4.69) is 32.2 Å². The molecule has 1 N–H and O–H groups in total. The second-order valence-corrected chi connectivity index (χ2v) is 10.1. The number of carbonyl (C=O) groups is 2. The van der Waals surface area contributed by atoms with E-state index in [0.29, 0.717) is 11.7 Å². The van der Waals surface area contributed by atoms with Crippen molar-refractivity contribution >= 4 is 28.8 Å². The van der Waals surface area contributed by atoms with Crippen LogP contribution in [-0.2, 0) is 17.6 Å². The SMILES string of the molecule is CNC(=O)[C@@H]1CN(C(=O)c2cc3c(s2)CC[C@H](C(C)(C)C)C3)c2ccccc2O1. The normalized spacial score (nSPS) is 21.0. The van der Waals surface area contributed by atoms with Gasteiger partial charge in [0.1, 0.15) is 5.75 Å². The molecule has 1 aliphatic carbocycles. The van der Waals surface area contributed by atoms with Crippen LogP contribution in [0, 0.1) is 11.3 Å². The molecule has 154 valence electrons. The number of ether oxygens (including phenoxy) is 1. The minimum absolute atomic E-state index is 0.0543. The van der Waals surface area contributed by atoms with Gasteiger partial charge in [0.15, 0.2) is 6.10 Å². The second-order valence-electron chi connectivity index (χ2n) is 8.97. The van der Waals surface area contributed by atoms with E-state index in [1.165, 1.54) is 16.9 Å². The van der Waals surface area contributed by atoms with Crippen LogP contribution in [0.3, 0.4) is 0 Å². The van der Waals surface area contributed by atoms with E-state index in [-0.39, 0.29) is 23.8 Å². The van der Waals surface area contributed by atoms with Gasteiger partial charge in [-0.2, -0.15) is 0 Å². The van der Waals surface area contributed by atoms with E-state index >= 15 is 0 Å². The van der Waals surface area contributed by atoms with Crippen molar-refractivity contribution in [1.82, 2.24) is 5.32 Å². The fourth-order valence-corrected chi connectivity index (χ4v) is 5.38. The zero-order valence-electron chi connectivity index (χ0n) is 17.5. The Morgan fingerprint density at radius 2 is 2.00 bits per heavy atom. The lowest BCUT2D eigenvalue weighted by atomic mass is 9.72. The van der Waals surface area contributed by atoms with E-state index in [1.807, 2.05) is 18.2 Å². The summed E-state index contributed by atoms with van der Waals surface area (Å²) in [5, 5.41) is 2.62. The highest BCUT2D eigenvalue weighted by Gasteiger charge is 2.36. The van der Waals surface area contributed by atoms with Gasteiger partial charge >= 0.3 is 0 Å². The molecular formula is C23H28N2O3S. The lowest BCUT2D eigenvalue weighted by Gasteiger charge is -2.33. The second kappa shape index (κ2) is 7.48. The van der Waals surface area contributed by atoms with Crippen molar-refractivity contribution in [3.63, 3.8) is 0 Å². The lowest BCUT2D eigenvalue weighted by molar-refractivity contribution is -0.127. The number of nitrogens with one attached hydrogen (secondary N) is 1. The zero-order valence-corrected chi connectivity index (χ0v) is 18.3. The predicted octanol–water partition coefficient (Wildman–Crippen LogP) is 4.05. The third-order valence-corrected chi connectivity index (χ3v) is 7.30. The number of nitrogens with zero attached hydrogens (tertiary/aromatic N) is 1. The number of hydrogen-bond acceptors (Lipinski definition) is 4. The molecule has 0 saturated heterocycles. The fraction of sp³-hybridized carbons (Fsp3) is 0.478. The molecule has 6 heteroatoms. The lowest BCUT2D eigenvalue weighted by Crippen LogP contribution is -2.50. The Labute approximate surface area is 176 Å². The summed E-state index contributed by atoms with van der Waals surface area (Å²) in [5.41, 5.74) is 2.30. The summed E-state index contributed by atoms with van der Waals surface area (Å²) in [4.78, 5) is 29.4. The number of fused-ring (bicyclic) bond motifs is 2. The van der Waals surface area contributed by atoms with E-state index in [1.54, 1.807) is 29.4 Å². The first-order valence-corrected chi connectivity index (χ1v) is 11.0. The average Bonchev–Trinajstić information content (AvgIpc) is 3.14. The summed E-state index contributed by atoms with van der Waals surface area (Å²) in [6, 6.07) is 9.49. The summed E-state index contributed by atoms with van der Waals surface area (Å²) in [6.45, 7) is 7.10. The smallest absolute Gasteiger partial charge is 0.268 e. The average molecular weight is 413 g/mol. The molecule has 4 rings (SSSR count). The van der Waals surface area contributed by atoms with Gasteiger partial charge in [0.25, 0.3) is 11.8 Å². The minimum atomic E-state index is -0.710. The summed E-state index contributed by atoms with van der Waals surface area (Å²) in [5.74, 6) is 0.918. The first-order chi connectivity index (χ1) is 13.8. The van der Waals surface area contributed by atoms with Crippen molar-refractivity contribution in [3.05, 3.63) is 45.6 Å². The molecule has 0 spiro atoms. The number of carbonyl (C=O) groups excluding carboxylic acids is 2. The molecule has 2 aliphatic rings. The van der Waals surface area contributed by atoms with Crippen LogP contribution in [0.15, 0.2) is 30.3 Å². The highest BCUT2D eigenvalue weighted by atomic mass is 32.1. The van der Waals surface area contributed by atoms with E-state index in [0.717, 1.165) is 23.4 Å². The van der Waals surface area contributed by atoms with Crippen molar-refractivity contribution in [1.29, 1.82) is 0 Å². The van der Waals surface area contributed by atoms with E-state index in [4.69, 9.17) is 4.74 Å². The van der Waals surface area contributed by atoms with Crippen LogP contribution in [-0.4, -0.2) is 31.5 Å². The number of likely N-dealkylation sites (N-methyl/N-ethyl adjacent to an activating group) is 1. The number of rotatable bonds is 2. The maximum Gasteiger partial charge on any atom is 0.268 e. The van der Waals surface area contributed by atoms with Crippen molar-refractivity contribution in [2.45, 2.75) is 46.1 Å². The zero-order chi connectivity index (χ0) is 20.8. The Bertz CT molecular complexity index is 944. The molecular weight excluding hydrogens is 384 g/mol. The predicted molar refractivity (Wildman–Crippen MR) is 116 cm³/mol. The number of benzene rings is 1. The van der Waals surface area contributed by atoms with Crippen LogP contribution in [0.1, 0.15) is 47.3 Å². The molecule has 2 heterocycles. The molecule has 1 aromatic heterocycles. The highest BCUT2D eigenvalue weighted by Crippen LogP contribution is 2.41. The Balaban J connectivity index is 1.63. The summed E-state index contributed by atoms with van der Waals surface area (Å²) in [6.07, 6.45) is 2.53. The monoisotopic (exact) mass is 412 g/mol. The maximum atomic E-state index is 13.5. The maximum absolute atomic E-state index is 13.5. The molecule has 5 nitrogen and oxygen atoms in total. The number of aryl methyl sites for hydroxylation is 1. The molecule has 2 atom stereocenters. The van der Waals surface area contributed by atoms with Crippen molar-refractivity contribution < 1.29 is 14.3 Å². The van der Waals surface area contributed by atoms with Crippen molar-refractivity contribution in [2.75, 3.05) is 18.5 Å². The van der Waals surface area contributed by atoms with Crippen LogP contribution in [0.4, 0.5) is 5.69 Å². The Morgan fingerprint density at radius 1 is 1.24 bits per heavy atom. The summed E-state index contributed by atoms with van der Waals surface area (Å²) >= 11 is 1.61. The van der Waals surface area contributed by atoms with Gasteiger partial charge in [-0.15, -0.1) is 11.3 Å². The molecule has 0 unspecified atom stereocenters. The number of amides is 2. The fourth-order valence-electron chi connectivity index (χ4n) is 4.23. The van der Waals surface area contributed by atoms with Crippen LogP contribution < -0.4 is 15.0 Å². The Morgan fingerprint density at radius 3 is 2.72 bits per heavy atom. The van der Waals surface area contributed by atoms with Gasteiger partial charge in [-0.3, -0.25) is 14.5 Å². The topological polar surface area (TPSA) is 58.6 Å². The highest BCUT2D eigenvalue weighted by molar-refractivity contribution is 7.14. The molecule has 0 radical (unpaired) electrons. The van der Waals surface area contributed by atoms with Gasteiger partial charge < -0.3 is 10.1 Å². The Kier molecular flexibility index (Phi) is 5.15. The van der Waals surface area contributed by atoms with E-state index < -0.39 is 6.10 Å². The van der Waals surface area contributed by atoms with Crippen molar-refractivity contribution in [3.8, 4) is 5.75 Å². The third-order valence-electron chi connectivity index (χ3n) is 6.08. The molecule has 2 amide bonds. The van der Waals surface area contributed by atoms with Gasteiger partial charge in [0.2, 0.25) is 0 Å². The quantitative estimate of drug-likeness (QED) is 0.809. The van der Waals surface area contributed by atoms with Crippen LogP contribution in [0.5, 0.6) is 5.75 Å². The number of para-hydroxylation sites is 2. The van der Waals surface area contributed by atoms with Crippen LogP contribution >= 0.6 is 11.3 Å². The summed E-state index contributed by atoms with van der Waals surface area (Å²) < 4.78 is 5.83. The molecule has 29 heavy (non-hydrogen) atoms. The molecule has 2 aromatic rings. The first-order valence-electron chi connectivity index (χ1n) is 10.2. The van der Waals surface area contributed by atoms with Gasteiger partial charge in [-0.1, -0.05) is 32.9 Å². The van der Waals surface area contributed by atoms with Gasteiger partial charge in [-0.05, 0) is 54.4 Å². The molecule has 0 saturated carbocycles. The summed E-state index contributed by atoms with van der Waals surface area (Å²) in [7, 11) is 1.58.